The average molecular weight is 764 g/mol. The van der Waals surface area contributed by atoms with E-state index < -0.39 is 0 Å². The van der Waals surface area contributed by atoms with Crippen LogP contribution in [0.2, 0.25) is 10.0 Å². The summed E-state index contributed by atoms with van der Waals surface area (Å²) in [4.78, 5) is 35.4. The molecule has 4 aromatic heterocycles. The van der Waals surface area contributed by atoms with Crippen LogP contribution in [0.5, 0.6) is 11.5 Å². The second kappa shape index (κ2) is 16.5. The van der Waals surface area contributed by atoms with Gasteiger partial charge >= 0.3 is 0 Å². The number of hydrogen-bond acceptors (Lipinski definition) is 6. The van der Waals surface area contributed by atoms with E-state index >= 15 is 0 Å². The van der Waals surface area contributed by atoms with Gasteiger partial charge in [-0.2, -0.15) is 0 Å². The molecule has 0 saturated carbocycles. The maximum atomic E-state index is 13.3. The fraction of sp³-hybridized carbons (Fsp3) is 0.0222. The highest BCUT2D eigenvalue weighted by Crippen LogP contribution is 2.31. The van der Waals surface area contributed by atoms with E-state index in [4.69, 9.17) is 27.9 Å². The molecule has 8 rings (SSSR count). The molecule has 0 atom stereocenters. The Bertz CT molecular complexity index is 2700. The lowest BCUT2D eigenvalue weighted by molar-refractivity contribution is 0.414. The number of aromatic hydroxyl groups is 1. The molecule has 0 radical (unpaired) electrons. The predicted octanol–water partition coefficient (Wildman–Crippen LogP) is 10.2. The fourth-order valence-corrected chi connectivity index (χ4v) is 6.47. The highest BCUT2D eigenvalue weighted by atomic mass is 35.5. The van der Waals surface area contributed by atoms with E-state index in [1.165, 1.54) is 0 Å². The van der Waals surface area contributed by atoms with E-state index in [-0.39, 0.29) is 16.9 Å². The molecule has 0 amide bonds. The zero-order valence-corrected chi connectivity index (χ0v) is 30.9. The second-order valence-electron chi connectivity index (χ2n) is 12.2. The van der Waals surface area contributed by atoms with E-state index in [2.05, 4.69) is 9.97 Å². The molecule has 4 aromatic carbocycles. The number of phenolic OH excluding ortho intramolecular Hbond substituents is 1. The van der Waals surface area contributed by atoms with Gasteiger partial charge in [-0.25, -0.2) is 0 Å². The minimum atomic E-state index is -0.200. The first-order valence-electron chi connectivity index (χ1n) is 17.1. The summed E-state index contributed by atoms with van der Waals surface area (Å²) in [6.45, 7) is 0. The molecule has 0 fully saturated rings. The largest absolute Gasteiger partial charge is 0.508 e. The lowest BCUT2D eigenvalue weighted by atomic mass is 10.0. The van der Waals surface area contributed by atoms with Crippen LogP contribution in [-0.4, -0.2) is 31.3 Å². The average Bonchev–Trinajstić information content (AvgIpc) is 3.23. The Labute approximate surface area is 326 Å². The van der Waals surface area contributed by atoms with Crippen LogP contribution in [0.3, 0.4) is 0 Å². The number of hydrogen-bond donors (Lipinski definition) is 1. The molecule has 4 heterocycles. The number of nitrogens with zero attached hydrogens (tertiary/aromatic N) is 4. The summed E-state index contributed by atoms with van der Waals surface area (Å²) >= 11 is 12.7. The van der Waals surface area contributed by atoms with E-state index in [0.717, 1.165) is 34.0 Å². The van der Waals surface area contributed by atoms with Gasteiger partial charge in [-0.05, 0) is 97.1 Å². The first-order chi connectivity index (χ1) is 26.8. The van der Waals surface area contributed by atoms with Crippen molar-refractivity contribution >= 4 is 23.2 Å². The number of ether oxygens (including phenoxy) is 1. The third kappa shape index (κ3) is 8.11. The Hall–Kier alpha value is -6.74. The number of phenols is 1. The Kier molecular flexibility index (Phi) is 11.0. The molecule has 0 unspecified atom stereocenters. The van der Waals surface area contributed by atoms with Crippen LogP contribution < -0.4 is 15.9 Å². The van der Waals surface area contributed by atoms with E-state index in [0.29, 0.717) is 38.0 Å². The van der Waals surface area contributed by atoms with Crippen molar-refractivity contribution < 1.29 is 9.84 Å². The molecule has 0 saturated heterocycles. The number of methoxy groups -OCH3 is 1. The normalized spacial score (nSPS) is 10.7. The minimum absolute atomic E-state index is 0.138. The van der Waals surface area contributed by atoms with E-state index in [9.17, 15) is 14.7 Å². The van der Waals surface area contributed by atoms with Gasteiger partial charge in [0, 0.05) is 79.6 Å². The highest BCUT2D eigenvalue weighted by Gasteiger charge is 2.16. The second-order valence-corrected chi connectivity index (χ2v) is 13.1. The lowest BCUT2D eigenvalue weighted by Gasteiger charge is -2.13. The summed E-state index contributed by atoms with van der Waals surface area (Å²) in [5.74, 6) is 0.864. The van der Waals surface area contributed by atoms with Crippen molar-refractivity contribution in [1.29, 1.82) is 0 Å². The van der Waals surface area contributed by atoms with Crippen LogP contribution in [0.4, 0.5) is 0 Å². The van der Waals surface area contributed by atoms with Gasteiger partial charge in [0.05, 0.1) is 18.5 Å². The molecule has 0 aliphatic heterocycles. The standard InChI is InChI=1S/C23H17ClN2O2.C22H15ClN2O2/c1-28-18-11-9-17(10-12-18)26-15-16(22-8-4-5-13-25-22)14-20(23(26)27)19-6-2-3-7-21(19)24;23-20-6-2-1-5-18(20)19-13-15(21-7-3-4-12-24-21)14-25(22(19)27)16-8-10-17(26)11-9-16/h2-15H,1H3;1-14,26H. The van der Waals surface area contributed by atoms with Crippen LogP contribution in [0, 0.1) is 0 Å². The topological polar surface area (TPSA) is 99.2 Å². The van der Waals surface area contributed by atoms with Crippen molar-refractivity contribution in [3.8, 4) is 67.6 Å². The number of halogens is 2. The van der Waals surface area contributed by atoms with Gasteiger partial charge in [-0.1, -0.05) is 71.7 Å². The maximum Gasteiger partial charge on any atom is 0.263 e. The summed E-state index contributed by atoms with van der Waals surface area (Å²) in [7, 11) is 1.61. The molecule has 55 heavy (non-hydrogen) atoms. The smallest absolute Gasteiger partial charge is 0.263 e. The van der Waals surface area contributed by atoms with Crippen molar-refractivity contribution in [2.24, 2.45) is 0 Å². The SMILES string of the molecule is COc1ccc(-n2cc(-c3ccccn3)cc(-c3ccccc3Cl)c2=O)cc1.O=c1c(-c2ccccc2Cl)cc(-c2ccccn2)cn1-c1ccc(O)cc1. The molecule has 8 aromatic rings. The Morgan fingerprint density at radius 1 is 0.527 bits per heavy atom. The van der Waals surface area contributed by atoms with Gasteiger partial charge in [-0.15, -0.1) is 0 Å². The van der Waals surface area contributed by atoms with Crippen molar-refractivity contribution in [2.45, 2.75) is 0 Å². The monoisotopic (exact) mass is 762 g/mol. The van der Waals surface area contributed by atoms with E-state index in [1.807, 2.05) is 109 Å². The third-order valence-corrected chi connectivity index (χ3v) is 9.42. The van der Waals surface area contributed by atoms with Gasteiger partial charge < -0.3 is 9.84 Å². The number of pyridine rings is 4. The summed E-state index contributed by atoms with van der Waals surface area (Å²) in [5, 5.41) is 10.6. The number of benzene rings is 4. The number of aromatic nitrogens is 4. The predicted molar refractivity (Wildman–Crippen MR) is 220 cm³/mol. The molecule has 0 aliphatic rings. The summed E-state index contributed by atoms with van der Waals surface area (Å²) in [6.07, 6.45) is 6.98. The Balaban J connectivity index is 0.000000169. The molecule has 0 aliphatic carbocycles. The molecule has 270 valence electrons. The first-order valence-corrected chi connectivity index (χ1v) is 17.9. The third-order valence-electron chi connectivity index (χ3n) is 8.76. The molecule has 8 nitrogen and oxygen atoms in total. The zero-order valence-electron chi connectivity index (χ0n) is 29.4. The quantitative estimate of drug-likeness (QED) is 0.174. The fourth-order valence-electron chi connectivity index (χ4n) is 6.00. The molecular formula is C45H32Cl2N4O4. The molecule has 1 N–H and O–H groups in total. The van der Waals surface area contributed by atoms with Gasteiger partial charge in [-0.3, -0.25) is 28.7 Å². The minimum Gasteiger partial charge on any atom is -0.508 e. The molecular weight excluding hydrogens is 731 g/mol. The van der Waals surface area contributed by atoms with Crippen LogP contribution >= 0.6 is 23.2 Å². The van der Waals surface area contributed by atoms with Crippen LogP contribution in [0.15, 0.2) is 180 Å². The summed E-state index contributed by atoms with van der Waals surface area (Å²) in [6, 6.07) is 43.4. The molecule has 0 spiro atoms. The van der Waals surface area contributed by atoms with Crippen molar-refractivity contribution in [2.75, 3.05) is 7.11 Å². The molecule has 0 bridgehead atoms. The Morgan fingerprint density at radius 2 is 0.945 bits per heavy atom. The zero-order chi connectivity index (χ0) is 38.3. The van der Waals surface area contributed by atoms with Crippen molar-refractivity contribution in [3.05, 3.63) is 201 Å². The van der Waals surface area contributed by atoms with Gasteiger partial charge in [0.2, 0.25) is 0 Å². The van der Waals surface area contributed by atoms with Crippen molar-refractivity contribution in [3.63, 3.8) is 0 Å². The Morgan fingerprint density at radius 3 is 1.35 bits per heavy atom. The maximum absolute atomic E-state index is 13.3. The van der Waals surface area contributed by atoms with Gasteiger partial charge in [0.15, 0.2) is 0 Å². The number of rotatable bonds is 7. The van der Waals surface area contributed by atoms with Crippen LogP contribution in [-0.2, 0) is 0 Å². The van der Waals surface area contributed by atoms with Gasteiger partial charge in [0.1, 0.15) is 11.5 Å². The molecule has 10 heteroatoms. The lowest BCUT2D eigenvalue weighted by Crippen LogP contribution is -2.20. The highest BCUT2D eigenvalue weighted by molar-refractivity contribution is 6.33. The van der Waals surface area contributed by atoms with Gasteiger partial charge in [0.25, 0.3) is 11.1 Å². The summed E-state index contributed by atoms with van der Waals surface area (Å²) in [5.41, 5.74) is 6.51. The first kappa shape index (κ1) is 36.6. The van der Waals surface area contributed by atoms with Crippen molar-refractivity contribution in [1.82, 2.24) is 19.1 Å². The van der Waals surface area contributed by atoms with Crippen LogP contribution in [0.1, 0.15) is 0 Å². The summed E-state index contributed by atoms with van der Waals surface area (Å²) < 4.78 is 8.38. The van der Waals surface area contributed by atoms with Crippen LogP contribution in [0.25, 0.3) is 56.1 Å². The van der Waals surface area contributed by atoms with E-state index in [1.54, 1.807) is 77.4 Å².